The second-order valence-corrected chi connectivity index (χ2v) is 4.03. The number of ether oxygens (including phenoxy) is 1. The topological polar surface area (TPSA) is 35.2 Å². The Labute approximate surface area is 112 Å². The Morgan fingerprint density at radius 1 is 0.900 bits per heavy atom. The van der Waals surface area contributed by atoms with Crippen molar-refractivity contribution < 1.29 is 22.3 Å². The van der Waals surface area contributed by atoms with Crippen molar-refractivity contribution in [1.29, 1.82) is 0 Å². The second kappa shape index (κ2) is 5.92. The van der Waals surface area contributed by atoms with E-state index in [4.69, 9.17) is 5.73 Å². The van der Waals surface area contributed by atoms with E-state index in [2.05, 4.69) is 4.74 Å². The molecule has 1 atom stereocenters. The van der Waals surface area contributed by atoms with E-state index in [9.17, 15) is 17.6 Å². The van der Waals surface area contributed by atoms with E-state index in [0.29, 0.717) is 0 Å². The van der Waals surface area contributed by atoms with Crippen molar-refractivity contribution >= 4 is 0 Å². The lowest BCUT2D eigenvalue weighted by Crippen LogP contribution is -2.17. The summed E-state index contributed by atoms with van der Waals surface area (Å²) in [6.07, 6.45) is 0. The summed E-state index contributed by atoms with van der Waals surface area (Å²) in [5.41, 5.74) is 5.48. The van der Waals surface area contributed by atoms with Crippen LogP contribution in [0, 0.1) is 11.6 Å². The van der Waals surface area contributed by atoms with Crippen molar-refractivity contribution in [3.8, 4) is 5.75 Å². The van der Waals surface area contributed by atoms with Crippen molar-refractivity contribution in [3.05, 3.63) is 65.2 Å². The van der Waals surface area contributed by atoms with Gasteiger partial charge in [-0.3, -0.25) is 0 Å². The maximum absolute atomic E-state index is 13.7. The molecular formula is C14H11F4NO. The molecule has 2 nitrogen and oxygen atoms in total. The average Bonchev–Trinajstić information content (AvgIpc) is 2.38. The first-order valence-corrected chi connectivity index (χ1v) is 5.74. The summed E-state index contributed by atoms with van der Waals surface area (Å²) in [7, 11) is 0. The summed E-state index contributed by atoms with van der Waals surface area (Å²) in [5.74, 6) is -1.90. The van der Waals surface area contributed by atoms with Crippen LogP contribution in [0.2, 0.25) is 0 Å². The van der Waals surface area contributed by atoms with E-state index < -0.39 is 29.9 Å². The third kappa shape index (κ3) is 2.91. The molecule has 0 saturated carbocycles. The van der Waals surface area contributed by atoms with Gasteiger partial charge in [-0.05, 0) is 18.2 Å². The highest BCUT2D eigenvalue weighted by molar-refractivity contribution is 5.42. The highest BCUT2D eigenvalue weighted by Crippen LogP contribution is 2.31. The third-order valence-electron chi connectivity index (χ3n) is 2.78. The quantitative estimate of drug-likeness (QED) is 0.871. The molecule has 2 rings (SSSR count). The van der Waals surface area contributed by atoms with E-state index in [1.54, 1.807) is 0 Å². The Hall–Kier alpha value is -2.08. The first-order valence-electron chi connectivity index (χ1n) is 5.74. The van der Waals surface area contributed by atoms with Crippen LogP contribution in [0.15, 0.2) is 42.5 Å². The zero-order valence-electron chi connectivity index (χ0n) is 10.2. The summed E-state index contributed by atoms with van der Waals surface area (Å²) in [6, 6.07) is 7.68. The fourth-order valence-electron chi connectivity index (χ4n) is 1.90. The SMILES string of the molecule is NC(c1ccccc1OC(F)F)c1c(F)cccc1F. The minimum absolute atomic E-state index is 0.0804. The molecule has 0 saturated heterocycles. The second-order valence-electron chi connectivity index (χ2n) is 4.03. The molecule has 0 aromatic heterocycles. The number of benzene rings is 2. The van der Waals surface area contributed by atoms with Crippen LogP contribution in [0.5, 0.6) is 5.75 Å². The van der Waals surface area contributed by atoms with Crippen LogP contribution in [0.25, 0.3) is 0 Å². The van der Waals surface area contributed by atoms with E-state index in [-0.39, 0.29) is 11.3 Å². The van der Waals surface area contributed by atoms with Gasteiger partial charge in [0.05, 0.1) is 6.04 Å². The standard InChI is InChI=1S/C14H11F4NO/c15-9-5-3-6-10(16)12(9)13(19)8-4-1-2-7-11(8)20-14(17)18/h1-7,13-14H,19H2. The van der Waals surface area contributed by atoms with Gasteiger partial charge in [-0.1, -0.05) is 24.3 Å². The molecule has 6 heteroatoms. The predicted octanol–water partition coefficient (Wildman–Crippen LogP) is 3.61. The van der Waals surface area contributed by atoms with Gasteiger partial charge in [0.25, 0.3) is 0 Å². The van der Waals surface area contributed by atoms with Crippen LogP contribution < -0.4 is 10.5 Å². The molecular weight excluding hydrogens is 274 g/mol. The third-order valence-corrected chi connectivity index (χ3v) is 2.78. The first kappa shape index (κ1) is 14.3. The molecule has 0 amide bonds. The van der Waals surface area contributed by atoms with Gasteiger partial charge in [0, 0.05) is 11.1 Å². The number of rotatable bonds is 4. The van der Waals surface area contributed by atoms with Crippen LogP contribution in [0.3, 0.4) is 0 Å². The zero-order chi connectivity index (χ0) is 14.7. The Kier molecular flexibility index (Phi) is 4.24. The molecule has 0 radical (unpaired) electrons. The minimum atomic E-state index is -3.05. The molecule has 2 aromatic rings. The Morgan fingerprint density at radius 2 is 1.50 bits per heavy atom. The van der Waals surface area contributed by atoms with Crippen LogP contribution >= 0.6 is 0 Å². The fraction of sp³-hybridized carbons (Fsp3) is 0.143. The molecule has 1 unspecified atom stereocenters. The summed E-state index contributed by atoms with van der Waals surface area (Å²) in [5, 5.41) is 0. The van der Waals surface area contributed by atoms with Gasteiger partial charge in [-0.2, -0.15) is 8.78 Å². The molecule has 2 aromatic carbocycles. The number of hydrogen-bond acceptors (Lipinski definition) is 2. The lowest BCUT2D eigenvalue weighted by atomic mass is 9.98. The summed E-state index contributed by atoms with van der Waals surface area (Å²) >= 11 is 0. The normalized spacial score (nSPS) is 12.5. The van der Waals surface area contributed by atoms with Crippen molar-refractivity contribution in [2.75, 3.05) is 0 Å². The van der Waals surface area contributed by atoms with Crippen LogP contribution in [0.1, 0.15) is 17.2 Å². The van der Waals surface area contributed by atoms with Crippen molar-refractivity contribution in [3.63, 3.8) is 0 Å². The molecule has 0 bridgehead atoms. The molecule has 0 heterocycles. The average molecular weight is 285 g/mol. The molecule has 2 N–H and O–H groups in total. The molecule has 106 valence electrons. The molecule has 0 aliphatic heterocycles. The monoisotopic (exact) mass is 285 g/mol. The predicted molar refractivity (Wildman–Crippen MR) is 65.5 cm³/mol. The molecule has 0 fully saturated rings. The van der Waals surface area contributed by atoms with Crippen molar-refractivity contribution in [2.45, 2.75) is 12.7 Å². The Balaban J connectivity index is 2.46. The van der Waals surface area contributed by atoms with E-state index in [1.807, 2.05) is 0 Å². The van der Waals surface area contributed by atoms with E-state index >= 15 is 0 Å². The van der Waals surface area contributed by atoms with Crippen molar-refractivity contribution in [1.82, 2.24) is 0 Å². The lowest BCUT2D eigenvalue weighted by molar-refractivity contribution is -0.0505. The largest absolute Gasteiger partial charge is 0.434 e. The van der Waals surface area contributed by atoms with Gasteiger partial charge in [-0.15, -0.1) is 0 Å². The highest BCUT2D eigenvalue weighted by atomic mass is 19.3. The van der Waals surface area contributed by atoms with Gasteiger partial charge >= 0.3 is 6.61 Å². The number of nitrogens with two attached hydrogens (primary N) is 1. The number of hydrogen-bond donors (Lipinski definition) is 1. The van der Waals surface area contributed by atoms with Gasteiger partial charge in [0.1, 0.15) is 17.4 Å². The van der Waals surface area contributed by atoms with Gasteiger partial charge in [0.15, 0.2) is 0 Å². The maximum atomic E-state index is 13.7. The van der Waals surface area contributed by atoms with Crippen LogP contribution in [-0.4, -0.2) is 6.61 Å². The Bertz CT molecular complexity index is 583. The molecule has 0 aliphatic carbocycles. The fourth-order valence-corrected chi connectivity index (χ4v) is 1.90. The lowest BCUT2D eigenvalue weighted by Gasteiger charge is -2.18. The van der Waals surface area contributed by atoms with Gasteiger partial charge in [0.2, 0.25) is 0 Å². The smallest absolute Gasteiger partial charge is 0.387 e. The minimum Gasteiger partial charge on any atom is -0.434 e. The molecule has 0 aliphatic rings. The zero-order valence-corrected chi connectivity index (χ0v) is 10.2. The van der Waals surface area contributed by atoms with Gasteiger partial charge in [-0.25, -0.2) is 8.78 Å². The van der Waals surface area contributed by atoms with E-state index in [0.717, 1.165) is 12.1 Å². The molecule has 0 spiro atoms. The van der Waals surface area contributed by atoms with E-state index in [1.165, 1.54) is 30.3 Å². The number of alkyl halides is 2. The summed E-state index contributed by atoms with van der Waals surface area (Å²) in [4.78, 5) is 0. The van der Waals surface area contributed by atoms with Crippen LogP contribution in [-0.2, 0) is 0 Å². The number of para-hydroxylation sites is 1. The number of halogens is 4. The first-order chi connectivity index (χ1) is 9.50. The molecule has 20 heavy (non-hydrogen) atoms. The van der Waals surface area contributed by atoms with Gasteiger partial charge < -0.3 is 10.5 Å². The maximum Gasteiger partial charge on any atom is 0.387 e. The summed E-state index contributed by atoms with van der Waals surface area (Å²) < 4.78 is 56.3. The van der Waals surface area contributed by atoms with Crippen molar-refractivity contribution in [2.24, 2.45) is 5.73 Å². The van der Waals surface area contributed by atoms with Crippen LogP contribution in [0.4, 0.5) is 17.6 Å². The highest BCUT2D eigenvalue weighted by Gasteiger charge is 2.22. The summed E-state index contributed by atoms with van der Waals surface area (Å²) in [6.45, 7) is -3.05. The Morgan fingerprint density at radius 3 is 2.10 bits per heavy atom.